The van der Waals surface area contributed by atoms with Crippen molar-refractivity contribution in [1.29, 1.82) is 0 Å². The first-order chi connectivity index (χ1) is 6.66. The third kappa shape index (κ3) is 2.47. The van der Waals surface area contributed by atoms with Gasteiger partial charge in [-0.25, -0.2) is 4.79 Å². The Bertz CT molecular complexity index is 343. The van der Waals surface area contributed by atoms with E-state index in [9.17, 15) is 9.59 Å². The molecule has 0 bridgehead atoms. The van der Waals surface area contributed by atoms with Crippen molar-refractivity contribution in [2.45, 2.75) is 0 Å². The van der Waals surface area contributed by atoms with E-state index in [1.165, 1.54) is 18.4 Å². The van der Waals surface area contributed by atoms with Crippen molar-refractivity contribution in [2.24, 2.45) is 0 Å². The Morgan fingerprint density at radius 1 is 1.36 bits per heavy atom. The maximum atomic E-state index is 11.3. The molecular formula is C9H5Cl2O3. The summed E-state index contributed by atoms with van der Waals surface area (Å²) in [5, 5.41) is 0.377. The highest BCUT2D eigenvalue weighted by Gasteiger charge is 2.15. The van der Waals surface area contributed by atoms with Gasteiger partial charge in [0.15, 0.2) is 6.61 Å². The fraction of sp³-hybridized carbons (Fsp3) is 0.111. The molecule has 0 atom stereocenters. The first kappa shape index (κ1) is 11.0. The van der Waals surface area contributed by atoms with Gasteiger partial charge in [0.1, 0.15) is 0 Å². The van der Waals surface area contributed by atoms with Crippen LogP contribution in [0.25, 0.3) is 0 Å². The van der Waals surface area contributed by atoms with Crippen LogP contribution >= 0.6 is 23.2 Å². The molecule has 1 aromatic rings. The minimum Gasteiger partial charge on any atom is -0.453 e. The van der Waals surface area contributed by atoms with Gasteiger partial charge in [0.05, 0.1) is 15.6 Å². The standard InChI is InChI=1S/C9H5Cl2O3/c10-6-2-1-3-7(11)8(6)9(13)14-5-4-12/h1-3H,5H2. The van der Waals surface area contributed by atoms with Crippen molar-refractivity contribution in [2.75, 3.05) is 6.61 Å². The van der Waals surface area contributed by atoms with Crippen LogP contribution in [0.1, 0.15) is 10.4 Å². The molecule has 14 heavy (non-hydrogen) atoms. The second-order valence-corrected chi connectivity index (χ2v) is 3.13. The molecule has 0 fully saturated rings. The summed E-state index contributed by atoms with van der Waals surface area (Å²) < 4.78 is 4.51. The summed E-state index contributed by atoms with van der Waals surface area (Å²) in [6.07, 6.45) is 1.43. The molecule has 73 valence electrons. The second-order valence-electron chi connectivity index (χ2n) is 2.32. The van der Waals surface area contributed by atoms with Gasteiger partial charge in [-0.3, -0.25) is 4.79 Å². The number of rotatable bonds is 3. The molecular weight excluding hydrogens is 227 g/mol. The molecule has 0 saturated carbocycles. The molecule has 0 aliphatic rings. The van der Waals surface area contributed by atoms with Gasteiger partial charge in [0.2, 0.25) is 6.29 Å². The number of carbonyl (C=O) groups is 1. The Balaban J connectivity index is 2.94. The number of halogens is 2. The lowest BCUT2D eigenvalue weighted by atomic mass is 10.2. The Kier molecular flexibility index (Phi) is 3.92. The maximum Gasteiger partial charge on any atom is 0.341 e. The molecule has 1 rings (SSSR count). The van der Waals surface area contributed by atoms with Crippen molar-refractivity contribution in [1.82, 2.24) is 0 Å². The summed E-state index contributed by atoms with van der Waals surface area (Å²) in [7, 11) is 0. The molecule has 5 heteroatoms. The first-order valence-electron chi connectivity index (χ1n) is 3.63. The Labute approximate surface area is 90.6 Å². The predicted octanol–water partition coefficient (Wildman–Crippen LogP) is 2.26. The van der Waals surface area contributed by atoms with E-state index in [0.29, 0.717) is 0 Å². The molecule has 1 aromatic carbocycles. The Morgan fingerprint density at radius 2 is 1.93 bits per heavy atom. The highest BCUT2D eigenvalue weighted by Crippen LogP contribution is 2.24. The lowest BCUT2D eigenvalue weighted by Crippen LogP contribution is -2.08. The zero-order chi connectivity index (χ0) is 10.6. The second kappa shape index (κ2) is 4.98. The normalized spacial score (nSPS) is 9.57. The highest BCUT2D eigenvalue weighted by molar-refractivity contribution is 6.39. The summed E-state index contributed by atoms with van der Waals surface area (Å²) in [6.45, 7) is -0.430. The minimum absolute atomic E-state index is 0.0612. The first-order valence-corrected chi connectivity index (χ1v) is 4.38. The summed E-state index contributed by atoms with van der Waals surface area (Å²) in [5.74, 6) is -0.732. The van der Waals surface area contributed by atoms with E-state index in [-0.39, 0.29) is 15.6 Å². The van der Waals surface area contributed by atoms with Gasteiger partial charge in [-0.2, -0.15) is 0 Å². The van der Waals surface area contributed by atoms with E-state index in [1.54, 1.807) is 6.07 Å². The Hall–Kier alpha value is -1.06. The van der Waals surface area contributed by atoms with E-state index in [0.717, 1.165) is 0 Å². The van der Waals surface area contributed by atoms with Crippen LogP contribution < -0.4 is 0 Å². The third-order valence-electron chi connectivity index (χ3n) is 1.43. The zero-order valence-corrected chi connectivity index (χ0v) is 8.43. The van der Waals surface area contributed by atoms with Crippen LogP contribution in [0.5, 0.6) is 0 Å². The smallest absolute Gasteiger partial charge is 0.341 e. The lowest BCUT2D eigenvalue weighted by Gasteiger charge is -2.04. The maximum absolute atomic E-state index is 11.3. The van der Waals surface area contributed by atoms with Gasteiger partial charge < -0.3 is 4.74 Å². The number of carbonyl (C=O) groups excluding carboxylic acids is 2. The number of esters is 1. The van der Waals surface area contributed by atoms with Gasteiger partial charge in [0.25, 0.3) is 0 Å². The summed E-state index contributed by atoms with van der Waals surface area (Å²) in [6, 6.07) is 4.62. The molecule has 3 nitrogen and oxygen atoms in total. The zero-order valence-electron chi connectivity index (χ0n) is 6.92. The van der Waals surface area contributed by atoms with Crippen LogP contribution in [0.3, 0.4) is 0 Å². The van der Waals surface area contributed by atoms with E-state index >= 15 is 0 Å². The molecule has 0 aliphatic heterocycles. The van der Waals surface area contributed by atoms with Crippen molar-refractivity contribution in [3.05, 3.63) is 33.8 Å². The summed E-state index contributed by atoms with van der Waals surface area (Å²) in [5.41, 5.74) is 0.0612. The van der Waals surface area contributed by atoms with Gasteiger partial charge in [0, 0.05) is 0 Å². The summed E-state index contributed by atoms with van der Waals surface area (Å²) >= 11 is 11.4. The number of benzene rings is 1. The average Bonchev–Trinajstić information content (AvgIpc) is 2.14. The topological polar surface area (TPSA) is 43.4 Å². The quantitative estimate of drug-likeness (QED) is 0.750. The van der Waals surface area contributed by atoms with Crippen molar-refractivity contribution in [3.8, 4) is 0 Å². The fourth-order valence-corrected chi connectivity index (χ4v) is 1.41. The van der Waals surface area contributed by atoms with Gasteiger partial charge in [-0.15, -0.1) is 0 Å². The molecule has 0 aliphatic carbocycles. The van der Waals surface area contributed by atoms with E-state index in [1.807, 2.05) is 0 Å². The number of ether oxygens (including phenoxy) is 1. The Morgan fingerprint density at radius 3 is 2.43 bits per heavy atom. The van der Waals surface area contributed by atoms with Crippen LogP contribution in [-0.4, -0.2) is 18.9 Å². The van der Waals surface area contributed by atoms with Crippen molar-refractivity contribution < 1.29 is 14.3 Å². The van der Waals surface area contributed by atoms with Crippen molar-refractivity contribution >= 4 is 35.5 Å². The monoisotopic (exact) mass is 231 g/mol. The van der Waals surface area contributed by atoms with E-state index in [2.05, 4.69) is 4.74 Å². The largest absolute Gasteiger partial charge is 0.453 e. The molecule has 0 amide bonds. The van der Waals surface area contributed by atoms with E-state index in [4.69, 9.17) is 23.2 Å². The van der Waals surface area contributed by atoms with Gasteiger partial charge in [-0.05, 0) is 12.1 Å². The molecule has 0 aromatic heterocycles. The summed E-state index contributed by atoms with van der Waals surface area (Å²) in [4.78, 5) is 21.1. The van der Waals surface area contributed by atoms with Crippen LogP contribution in [0, 0.1) is 0 Å². The molecule has 0 spiro atoms. The van der Waals surface area contributed by atoms with Crippen molar-refractivity contribution in [3.63, 3.8) is 0 Å². The van der Waals surface area contributed by atoms with Crippen LogP contribution in [0.4, 0.5) is 0 Å². The van der Waals surface area contributed by atoms with Gasteiger partial charge in [-0.1, -0.05) is 29.3 Å². The highest BCUT2D eigenvalue weighted by atomic mass is 35.5. The molecule has 0 saturated heterocycles. The van der Waals surface area contributed by atoms with E-state index < -0.39 is 12.6 Å². The fourth-order valence-electron chi connectivity index (χ4n) is 0.860. The van der Waals surface area contributed by atoms with Crippen LogP contribution in [0.2, 0.25) is 10.0 Å². The molecule has 0 unspecified atom stereocenters. The number of hydrogen-bond acceptors (Lipinski definition) is 3. The van der Waals surface area contributed by atoms with Gasteiger partial charge >= 0.3 is 5.97 Å². The average molecular weight is 232 g/mol. The molecule has 0 N–H and O–H groups in total. The molecule has 0 heterocycles. The predicted molar refractivity (Wildman–Crippen MR) is 52.4 cm³/mol. The van der Waals surface area contributed by atoms with Crippen LogP contribution in [0.15, 0.2) is 18.2 Å². The molecule has 1 radical (unpaired) electrons. The van der Waals surface area contributed by atoms with Crippen LogP contribution in [-0.2, 0) is 9.53 Å². The number of hydrogen-bond donors (Lipinski definition) is 0. The third-order valence-corrected chi connectivity index (χ3v) is 2.06. The SMILES string of the molecule is O=[C]COC(=O)c1c(Cl)cccc1Cl. The lowest BCUT2D eigenvalue weighted by molar-refractivity contribution is 0.0561. The minimum atomic E-state index is -0.732.